The molecule has 0 amide bonds. The highest BCUT2D eigenvalue weighted by Gasteiger charge is 2.25. The molecule has 0 saturated heterocycles. The van der Waals surface area contributed by atoms with Gasteiger partial charge in [-0.05, 0) is 12.1 Å². The van der Waals surface area contributed by atoms with E-state index in [4.69, 9.17) is 23.2 Å². The molecule has 1 aliphatic rings. The molecule has 2 aromatic rings. The third kappa shape index (κ3) is 2.62. The summed E-state index contributed by atoms with van der Waals surface area (Å²) >= 11 is 11.7. The molecule has 1 N–H and O–H groups in total. The van der Waals surface area contributed by atoms with E-state index in [0.29, 0.717) is 12.2 Å². The number of aromatic nitrogens is 2. The van der Waals surface area contributed by atoms with Crippen molar-refractivity contribution in [1.82, 2.24) is 9.97 Å². The van der Waals surface area contributed by atoms with Crippen LogP contribution in [0, 0.1) is 5.82 Å². The highest BCUT2D eigenvalue weighted by molar-refractivity contribution is 6.31. The molecule has 108 valence electrons. The van der Waals surface area contributed by atoms with Crippen LogP contribution in [0.5, 0.6) is 0 Å². The molecule has 1 aromatic heterocycles. The van der Waals surface area contributed by atoms with Crippen molar-refractivity contribution in [2.75, 3.05) is 11.6 Å². The first-order chi connectivity index (χ1) is 10.1. The van der Waals surface area contributed by atoms with Crippen LogP contribution in [0.25, 0.3) is 11.3 Å². The number of hydrogen-bond acceptors (Lipinski definition) is 5. The summed E-state index contributed by atoms with van der Waals surface area (Å²) in [4.78, 5) is 17.8. The molecule has 1 atom stereocenters. The molecule has 2 heterocycles. The number of alkyl halides is 1. The standard InChI is InChI=1S/C12H8Cl2FN5O/c13-6-1-2-8(20-4-9(14)18-19-20)11(12(6)15)7-3-10(21)17-5-16-7/h1-3,5,9H,4H2,(H,16,17,21). The van der Waals surface area contributed by atoms with Crippen molar-refractivity contribution in [1.29, 1.82) is 0 Å². The summed E-state index contributed by atoms with van der Waals surface area (Å²) < 4.78 is 14.4. The van der Waals surface area contributed by atoms with Gasteiger partial charge in [-0.15, -0.1) is 5.11 Å². The largest absolute Gasteiger partial charge is 0.313 e. The number of aromatic amines is 1. The van der Waals surface area contributed by atoms with Gasteiger partial charge < -0.3 is 4.98 Å². The van der Waals surface area contributed by atoms with Crippen molar-refractivity contribution < 1.29 is 4.39 Å². The van der Waals surface area contributed by atoms with Crippen LogP contribution in [-0.4, -0.2) is 22.0 Å². The second-order valence-electron chi connectivity index (χ2n) is 4.27. The second kappa shape index (κ2) is 5.42. The molecular formula is C12H8Cl2FN5O. The van der Waals surface area contributed by atoms with E-state index in [1.165, 1.54) is 23.5 Å². The van der Waals surface area contributed by atoms with Gasteiger partial charge in [-0.2, -0.15) is 0 Å². The Hall–Kier alpha value is -1.99. The molecule has 1 aliphatic heterocycles. The zero-order chi connectivity index (χ0) is 15.0. The Kier molecular flexibility index (Phi) is 3.60. The molecule has 1 unspecified atom stereocenters. The van der Waals surface area contributed by atoms with Crippen LogP contribution in [0.2, 0.25) is 5.02 Å². The maximum Gasteiger partial charge on any atom is 0.251 e. The summed E-state index contributed by atoms with van der Waals surface area (Å²) in [5.74, 6) is -0.680. The number of H-pyrrole nitrogens is 1. The summed E-state index contributed by atoms with van der Waals surface area (Å²) in [6.07, 6.45) is 1.19. The Balaban J connectivity index is 2.20. The molecule has 0 saturated carbocycles. The fraction of sp³-hybridized carbons (Fsp3) is 0.167. The van der Waals surface area contributed by atoms with Crippen molar-refractivity contribution in [2.45, 2.75) is 5.50 Å². The average Bonchev–Trinajstić information content (AvgIpc) is 2.88. The minimum Gasteiger partial charge on any atom is -0.313 e. The van der Waals surface area contributed by atoms with E-state index in [9.17, 15) is 9.18 Å². The Morgan fingerprint density at radius 3 is 2.90 bits per heavy atom. The normalized spacial score (nSPS) is 17.5. The molecule has 9 heteroatoms. The van der Waals surface area contributed by atoms with Crippen LogP contribution >= 0.6 is 23.2 Å². The van der Waals surface area contributed by atoms with E-state index < -0.39 is 16.9 Å². The van der Waals surface area contributed by atoms with Crippen LogP contribution in [0.1, 0.15) is 0 Å². The summed E-state index contributed by atoms with van der Waals surface area (Å²) in [7, 11) is 0. The average molecular weight is 328 g/mol. The van der Waals surface area contributed by atoms with E-state index in [2.05, 4.69) is 20.3 Å². The fourth-order valence-electron chi connectivity index (χ4n) is 1.99. The number of anilines is 1. The van der Waals surface area contributed by atoms with Crippen molar-refractivity contribution in [3.8, 4) is 11.3 Å². The predicted molar refractivity (Wildman–Crippen MR) is 77.1 cm³/mol. The highest BCUT2D eigenvalue weighted by Crippen LogP contribution is 2.37. The van der Waals surface area contributed by atoms with Gasteiger partial charge in [-0.25, -0.2) is 14.4 Å². The summed E-state index contributed by atoms with van der Waals surface area (Å²) in [5, 5.41) is 9.01. The highest BCUT2D eigenvalue weighted by atomic mass is 35.5. The number of halogens is 3. The lowest BCUT2D eigenvalue weighted by Crippen LogP contribution is -2.18. The van der Waals surface area contributed by atoms with Crippen molar-refractivity contribution in [2.24, 2.45) is 10.3 Å². The minimum absolute atomic E-state index is 0.0746. The third-order valence-electron chi connectivity index (χ3n) is 2.89. The van der Waals surface area contributed by atoms with Crippen LogP contribution in [0.4, 0.5) is 10.1 Å². The molecule has 3 rings (SSSR count). The molecule has 0 bridgehead atoms. The minimum atomic E-state index is -0.680. The lowest BCUT2D eigenvalue weighted by molar-refractivity contribution is 0.630. The zero-order valence-electron chi connectivity index (χ0n) is 10.4. The number of nitrogens with one attached hydrogen (secondary N) is 1. The molecular weight excluding hydrogens is 320 g/mol. The van der Waals surface area contributed by atoms with Crippen LogP contribution < -0.4 is 10.6 Å². The first-order valence-corrected chi connectivity index (χ1v) is 6.73. The van der Waals surface area contributed by atoms with Crippen molar-refractivity contribution >= 4 is 28.9 Å². The molecule has 6 nitrogen and oxygen atoms in total. The number of rotatable bonds is 2. The van der Waals surface area contributed by atoms with E-state index in [1.54, 1.807) is 6.07 Å². The Morgan fingerprint density at radius 2 is 2.24 bits per heavy atom. The smallest absolute Gasteiger partial charge is 0.251 e. The molecule has 0 fully saturated rings. The van der Waals surface area contributed by atoms with E-state index in [0.717, 1.165) is 0 Å². The van der Waals surface area contributed by atoms with Crippen molar-refractivity contribution in [3.05, 3.63) is 45.7 Å². The quantitative estimate of drug-likeness (QED) is 0.680. The SMILES string of the molecule is O=c1cc(-c2c(N3CC(Cl)N=N3)ccc(Cl)c2F)nc[nH]1. The Morgan fingerprint density at radius 1 is 1.43 bits per heavy atom. The predicted octanol–water partition coefficient (Wildman–Crippen LogP) is 2.98. The van der Waals surface area contributed by atoms with Crippen molar-refractivity contribution in [3.63, 3.8) is 0 Å². The first-order valence-electron chi connectivity index (χ1n) is 5.92. The first kappa shape index (κ1) is 14.0. The molecule has 0 aliphatic carbocycles. The van der Waals surface area contributed by atoms with Gasteiger partial charge in [0, 0.05) is 6.07 Å². The summed E-state index contributed by atoms with van der Waals surface area (Å²) in [5.41, 5.74) is -0.283. The maximum atomic E-state index is 14.4. The van der Waals surface area contributed by atoms with Gasteiger partial charge in [0.1, 0.15) is 0 Å². The Labute approximate surface area is 128 Å². The Bertz CT molecular complexity index is 778. The number of benzene rings is 1. The number of nitrogens with zero attached hydrogens (tertiary/aromatic N) is 4. The van der Waals surface area contributed by atoms with Crippen LogP contribution in [0.3, 0.4) is 0 Å². The van der Waals surface area contributed by atoms with Gasteiger partial charge in [0.05, 0.1) is 34.8 Å². The topological polar surface area (TPSA) is 73.7 Å². The van der Waals surface area contributed by atoms with E-state index in [1.807, 2.05) is 0 Å². The molecule has 0 spiro atoms. The summed E-state index contributed by atoms with van der Waals surface area (Å²) in [6.45, 7) is 0.290. The van der Waals surface area contributed by atoms with E-state index >= 15 is 0 Å². The van der Waals surface area contributed by atoms with Gasteiger partial charge in [0.2, 0.25) is 0 Å². The molecule has 1 aromatic carbocycles. The maximum absolute atomic E-state index is 14.4. The van der Waals surface area contributed by atoms with Gasteiger partial charge in [0.25, 0.3) is 5.56 Å². The van der Waals surface area contributed by atoms with Gasteiger partial charge in [0.15, 0.2) is 11.3 Å². The lowest BCUT2D eigenvalue weighted by atomic mass is 10.1. The van der Waals surface area contributed by atoms with Gasteiger partial charge in [-0.1, -0.05) is 28.4 Å². The lowest BCUT2D eigenvalue weighted by Gasteiger charge is -2.17. The fourth-order valence-corrected chi connectivity index (χ4v) is 2.31. The molecule has 21 heavy (non-hydrogen) atoms. The van der Waals surface area contributed by atoms with Crippen LogP contribution in [-0.2, 0) is 0 Å². The second-order valence-corrected chi connectivity index (χ2v) is 5.18. The monoisotopic (exact) mass is 327 g/mol. The van der Waals surface area contributed by atoms with Gasteiger partial charge in [-0.3, -0.25) is 4.79 Å². The molecule has 0 radical (unpaired) electrons. The third-order valence-corrected chi connectivity index (χ3v) is 3.41. The van der Waals surface area contributed by atoms with Gasteiger partial charge >= 0.3 is 0 Å². The summed E-state index contributed by atoms with van der Waals surface area (Å²) in [6, 6.07) is 4.17. The zero-order valence-corrected chi connectivity index (χ0v) is 11.9. The van der Waals surface area contributed by atoms with Crippen LogP contribution in [0.15, 0.2) is 39.7 Å². The number of hydrogen-bond donors (Lipinski definition) is 1. The van der Waals surface area contributed by atoms with E-state index in [-0.39, 0.29) is 16.3 Å².